The predicted molar refractivity (Wildman–Crippen MR) is 132 cm³/mol. The summed E-state index contributed by atoms with van der Waals surface area (Å²) in [5.41, 5.74) is 2.40. The van der Waals surface area contributed by atoms with E-state index in [1.807, 2.05) is 0 Å². The summed E-state index contributed by atoms with van der Waals surface area (Å²) in [6, 6.07) is 40.8. The van der Waals surface area contributed by atoms with Gasteiger partial charge in [0.2, 0.25) is 5.90 Å². The molecular formula is C28H24NOP. The lowest BCUT2D eigenvalue weighted by atomic mass is 10.1. The van der Waals surface area contributed by atoms with Crippen molar-refractivity contribution in [3.63, 3.8) is 0 Å². The number of hydrogen-bond acceptors (Lipinski definition) is 2. The lowest BCUT2D eigenvalue weighted by molar-refractivity contribution is 0.317. The van der Waals surface area contributed by atoms with Crippen LogP contribution in [-0.4, -0.2) is 18.5 Å². The van der Waals surface area contributed by atoms with Crippen LogP contribution >= 0.6 is 7.92 Å². The van der Waals surface area contributed by atoms with E-state index in [9.17, 15) is 0 Å². The summed E-state index contributed by atoms with van der Waals surface area (Å²) in [5.74, 6) is 0.774. The number of benzene rings is 4. The highest BCUT2D eigenvalue weighted by molar-refractivity contribution is 7.80. The van der Waals surface area contributed by atoms with Gasteiger partial charge in [0.15, 0.2) is 0 Å². The molecule has 0 aliphatic carbocycles. The Morgan fingerprint density at radius 2 is 1.23 bits per heavy atom. The summed E-state index contributed by atoms with van der Waals surface area (Å²) >= 11 is 0. The molecule has 1 unspecified atom stereocenters. The van der Waals surface area contributed by atoms with Crippen molar-refractivity contribution in [1.82, 2.24) is 0 Å². The molecular weight excluding hydrogens is 397 g/mol. The second-order valence-electron chi connectivity index (χ2n) is 7.61. The molecule has 0 saturated carbocycles. The van der Waals surface area contributed by atoms with Gasteiger partial charge in [-0.1, -0.05) is 109 Å². The first-order valence-corrected chi connectivity index (χ1v) is 12.0. The molecule has 31 heavy (non-hydrogen) atoms. The standard InChI is InChI=1S/C28H24NOP/c1-4-12-22(13-5-1)20-23-21-30-28(29-23)26-18-10-11-19-27(26)31(24-14-6-2-7-15-24)25-16-8-3-9-17-25/h1-19,23H,20-21H2. The molecule has 4 aromatic rings. The molecule has 1 aliphatic rings. The van der Waals surface area contributed by atoms with Crippen molar-refractivity contribution in [3.8, 4) is 0 Å². The van der Waals surface area contributed by atoms with E-state index in [2.05, 4.69) is 115 Å². The van der Waals surface area contributed by atoms with Crippen LogP contribution in [0.5, 0.6) is 0 Å². The van der Waals surface area contributed by atoms with Crippen LogP contribution in [0.3, 0.4) is 0 Å². The van der Waals surface area contributed by atoms with Crippen LogP contribution in [0.25, 0.3) is 0 Å². The third-order valence-electron chi connectivity index (χ3n) is 5.43. The molecule has 2 nitrogen and oxygen atoms in total. The van der Waals surface area contributed by atoms with E-state index in [1.165, 1.54) is 21.5 Å². The molecule has 0 spiro atoms. The highest BCUT2D eigenvalue weighted by atomic mass is 31.1. The SMILES string of the molecule is c1ccc(CC2COC(c3ccccc3P(c3ccccc3)c3ccccc3)=N2)cc1. The zero-order chi connectivity index (χ0) is 20.9. The highest BCUT2D eigenvalue weighted by Crippen LogP contribution is 2.34. The van der Waals surface area contributed by atoms with Crippen LogP contribution in [0, 0.1) is 0 Å². The van der Waals surface area contributed by atoms with Crippen molar-refractivity contribution in [2.45, 2.75) is 12.5 Å². The van der Waals surface area contributed by atoms with E-state index in [0.29, 0.717) is 6.61 Å². The topological polar surface area (TPSA) is 21.6 Å². The van der Waals surface area contributed by atoms with E-state index >= 15 is 0 Å². The third kappa shape index (κ3) is 4.45. The van der Waals surface area contributed by atoms with Crippen LogP contribution < -0.4 is 15.9 Å². The van der Waals surface area contributed by atoms with Gasteiger partial charge >= 0.3 is 0 Å². The summed E-state index contributed by atoms with van der Waals surface area (Å²) in [7, 11) is -0.706. The van der Waals surface area contributed by atoms with Gasteiger partial charge < -0.3 is 4.74 Å². The molecule has 0 N–H and O–H groups in total. The minimum absolute atomic E-state index is 0.158. The highest BCUT2D eigenvalue weighted by Gasteiger charge is 2.26. The Morgan fingerprint density at radius 3 is 1.87 bits per heavy atom. The molecule has 5 rings (SSSR count). The van der Waals surface area contributed by atoms with Crippen LogP contribution in [0.1, 0.15) is 11.1 Å². The van der Waals surface area contributed by atoms with Crippen molar-refractivity contribution in [3.05, 3.63) is 126 Å². The van der Waals surface area contributed by atoms with Gasteiger partial charge in [-0.2, -0.15) is 0 Å². The van der Waals surface area contributed by atoms with E-state index in [0.717, 1.165) is 17.9 Å². The molecule has 0 amide bonds. The monoisotopic (exact) mass is 421 g/mol. The first-order valence-electron chi connectivity index (χ1n) is 10.6. The molecule has 3 heteroatoms. The zero-order valence-electron chi connectivity index (χ0n) is 17.3. The molecule has 1 atom stereocenters. The van der Waals surface area contributed by atoms with Crippen LogP contribution in [0.15, 0.2) is 120 Å². The zero-order valence-corrected chi connectivity index (χ0v) is 18.2. The van der Waals surface area contributed by atoms with Gasteiger partial charge in [-0.25, -0.2) is 4.99 Å². The molecule has 0 bridgehead atoms. The van der Waals surface area contributed by atoms with Crippen LogP contribution in [0.2, 0.25) is 0 Å². The maximum atomic E-state index is 6.15. The predicted octanol–water partition coefficient (Wildman–Crippen LogP) is 4.83. The fourth-order valence-electron chi connectivity index (χ4n) is 3.98. The Kier molecular flexibility index (Phi) is 5.91. The van der Waals surface area contributed by atoms with E-state index < -0.39 is 7.92 Å². The molecule has 0 aromatic heterocycles. The van der Waals surface area contributed by atoms with Crippen molar-refractivity contribution >= 4 is 29.7 Å². The van der Waals surface area contributed by atoms with Gasteiger partial charge in [-0.15, -0.1) is 0 Å². The molecule has 0 saturated heterocycles. The Bertz CT molecular complexity index is 1120. The van der Waals surface area contributed by atoms with Crippen LogP contribution in [0.4, 0.5) is 0 Å². The van der Waals surface area contributed by atoms with Crippen LogP contribution in [-0.2, 0) is 11.2 Å². The van der Waals surface area contributed by atoms with Crippen molar-refractivity contribution in [1.29, 1.82) is 0 Å². The maximum Gasteiger partial charge on any atom is 0.217 e. The van der Waals surface area contributed by atoms with Crippen molar-refractivity contribution < 1.29 is 4.74 Å². The van der Waals surface area contributed by atoms with Gasteiger partial charge in [0.05, 0.1) is 6.04 Å². The van der Waals surface area contributed by atoms with Gasteiger partial charge in [-0.3, -0.25) is 0 Å². The average molecular weight is 421 g/mol. The Labute approximate surface area is 185 Å². The molecule has 1 aliphatic heterocycles. The Balaban J connectivity index is 1.53. The third-order valence-corrected chi connectivity index (χ3v) is 7.93. The number of rotatable bonds is 6. The Morgan fingerprint density at radius 1 is 0.677 bits per heavy atom. The molecule has 0 radical (unpaired) electrons. The van der Waals surface area contributed by atoms with E-state index in [1.54, 1.807) is 0 Å². The number of hydrogen-bond donors (Lipinski definition) is 0. The molecule has 1 heterocycles. The molecule has 4 aromatic carbocycles. The number of aliphatic imine (C=N–C) groups is 1. The summed E-state index contributed by atoms with van der Waals surface area (Å²) in [5, 5.41) is 3.94. The van der Waals surface area contributed by atoms with Crippen molar-refractivity contribution in [2.75, 3.05) is 6.61 Å². The lowest BCUT2D eigenvalue weighted by Crippen LogP contribution is -2.25. The van der Waals surface area contributed by atoms with Gasteiger partial charge in [-0.05, 0) is 41.9 Å². The molecule has 0 fully saturated rings. The second kappa shape index (κ2) is 9.29. The second-order valence-corrected chi connectivity index (χ2v) is 9.80. The van der Waals surface area contributed by atoms with Crippen molar-refractivity contribution in [2.24, 2.45) is 4.99 Å². The summed E-state index contributed by atoms with van der Waals surface area (Å²) < 4.78 is 6.15. The largest absolute Gasteiger partial charge is 0.475 e. The smallest absolute Gasteiger partial charge is 0.217 e. The van der Waals surface area contributed by atoms with Gasteiger partial charge in [0.1, 0.15) is 6.61 Å². The minimum Gasteiger partial charge on any atom is -0.475 e. The minimum atomic E-state index is -0.706. The Hall–Kier alpha value is -3.22. The average Bonchev–Trinajstić information content (AvgIpc) is 3.30. The quantitative estimate of drug-likeness (QED) is 0.409. The summed E-state index contributed by atoms with van der Waals surface area (Å²) in [6.07, 6.45) is 0.901. The fraction of sp³-hybridized carbons (Fsp3) is 0.107. The van der Waals surface area contributed by atoms with Gasteiger partial charge in [0, 0.05) is 5.56 Å². The fourth-order valence-corrected chi connectivity index (χ4v) is 6.43. The van der Waals surface area contributed by atoms with E-state index in [-0.39, 0.29) is 6.04 Å². The number of nitrogens with zero attached hydrogens (tertiary/aromatic N) is 1. The normalized spacial score (nSPS) is 15.5. The van der Waals surface area contributed by atoms with Gasteiger partial charge in [0.25, 0.3) is 0 Å². The lowest BCUT2D eigenvalue weighted by Gasteiger charge is -2.22. The van der Waals surface area contributed by atoms with E-state index in [4.69, 9.17) is 9.73 Å². The summed E-state index contributed by atoms with van der Waals surface area (Å²) in [4.78, 5) is 4.99. The maximum absolute atomic E-state index is 6.15. The first kappa shape index (κ1) is 19.7. The number of ether oxygens (including phenoxy) is 1. The molecule has 152 valence electrons. The summed E-state index contributed by atoms with van der Waals surface area (Å²) in [6.45, 7) is 0.632. The first-order chi connectivity index (χ1) is 15.4.